The summed E-state index contributed by atoms with van der Waals surface area (Å²) in [6.45, 7) is 3.84. The fraction of sp³-hybridized carbons (Fsp3) is 0.273. The molecule has 0 saturated heterocycles. The third-order valence-corrected chi connectivity index (χ3v) is 2.57. The molecular formula is C11H18N6O3. The van der Waals surface area contributed by atoms with Crippen molar-refractivity contribution in [2.75, 3.05) is 16.6 Å². The number of amides is 4. The topological polar surface area (TPSA) is 154 Å². The minimum absolute atomic E-state index is 0.177. The van der Waals surface area contributed by atoms with Crippen LogP contribution in [-0.2, 0) is 0 Å². The first-order valence-electron chi connectivity index (χ1n) is 5.75. The van der Waals surface area contributed by atoms with Crippen LogP contribution >= 0.6 is 0 Å². The van der Waals surface area contributed by atoms with Gasteiger partial charge in [-0.25, -0.2) is 31.3 Å². The van der Waals surface area contributed by atoms with Crippen LogP contribution in [0.2, 0.25) is 0 Å². The quantitative estimate of drug-likeness (QED) is 0.345. The largest absolute Gasteiger partial charge is 0.492 e. The van der Waals surface area contributed by atoms with Gasteiger partial charge < -0.3 is 16.2 Å². The number of carbonyl (C=O) groups excluding carboxylic acids is 2. The van der Waals surface area contributed by atoms with Crippen LogP contribution in [0.4, 0.5) is 21.0 Å². The van der Waals surface area contributed by atoms with Crippen LogP contribution in [0.1, 0.15) is 12.5 Å². The van der Waals surface area contributed by atoms with Crippen molar-refractivity contribution in [3.05, 3.63) is 17.7 Å². The summed E-state index contributed by atoms with van der Waals surface area (Å²) in [4.78, 5) is 22.3. The summed E-state index contributed by atoms with van der Waals surface area (Å²) in [5.74, 6) is 11.5. The molecule has 9 nitrogen and oxygen atoms in total. The van der Waals surface area contributed by atoms with E-state index in [1.165, 1.54) is 6.07 Å². The van der Waals surface area contributed by atoms with Crippen molar-refractivity contribution in [3.8, 4) is 5.75 Å². The van der Waals surface area contributed by atoms with Gasteiger partial charge in [-0.3, -0.25) is 0 Å². The van der Waals surface area contributed by atoms with Gasteiger partial charge in [-0.1, -0.05) is 0 Å². The fourth-order valence-electron chi connectivity index (χ4n) is 1.62. The Kier molecular flexibility index (Phi) is 4.73. The van der Waals surface area contributed by atoms with Gasteiger partial charge in [0, 0.05) is 0 Å². The molecule has 0 saturated carbocycles. The Balaban J connectivity index is 3.41. The Morgan fingerprint density at radius 1 is 1.10 bits per heavy atom. The number of urea groups is 2. The number of ether oxygens (including phenoxy) is 1. The molecule has 0 aliphatic carbocycles. The van der Waals surface area contributed by atoms with Crippen molar-refractivity contribution in [3.63, 3.8) is 0 Å². The van der Waals surface area contributed by atoms with E-state index in [9.17, 15) is 9.59 Å². The third-order valence-electron chi connectivity index (χ3n) is 2.57. The third kappa shape index (κ3) is 3.08. The van der Waals surface area contributed by atoms with E-state index in [2.05, 4.69) is 0 Å². The molecule has 0 heterocycles. The fourth-order valence-corrected chi connectivity index (χ4v) is 1.62. The van der Waals surface area contributed by atoms with Gasteiger partial charge in [-0.05, 0) is 31.5 Å². The predicted octanol–water partition coefficient (Wildman–Crippen LogP) is -0.0887. The molecule has 0 bridgehead atoms. The van der Waals surface area contributed by atoms with E-state index in [0.29, 0.717) is 22.9 Å². The summed E-state index contributed by atoms with van der Waals surface area (Å²) < 4.78 is 5.38. The molecule has 0 unspecified atom stereocenters. The van der Waals surface area contributed by atoms with Crippen LogP contribution in [0, 0.1) is 6.92 Å². The Bertz CT molecular complexity index is 533. The van der Waals surface area contributed by atoms with Gasteiger partial charge in [0.15, 0.2) is 0 Å². The maximum Gasteiger partial charge on any atom is 0.333 e. The summed E-state index contributed by atoms with van der Waals surface area (Å²) >= 11 is 0. The molecule has 0 spiro atoms. The Morgan fingerprint density at radius 3 is 2.05 bits per heavy atom. The first-order valence-corrected chi connectivity index (χ1v) is 5.75. The minimum Gasteiger partial charge on any atom is -0.492 e. The summed E-state index contributed by atoms with van der Waals surface area (Å²) in [5, 5.41) is 1.44. The zero-order chi connectivity index (χ0) is 15.4. The highest BCUT2D eigenvalue weighted by Crippen LogP contribution is 2.34. The van der Waals surface area contributed by atoms with Crippen LogP contribution in [-0.4, -0.2) is 18.7 Å². The summed E-state index contributed by atoms with van der Waals surface area (Å²) in [5.41, 5.74) is 11.3. The van der Waals surface area contributed by atoms with E-state index in [-0.39, 0.29) is 11.4 Å². The average Bonchev–Trinajstić information content (AvgIpc) is 2.37. The molecule has 110 valence electrons. The van der Waals surface area contributed by atoms with Crippen molar-refractivity contribution in [2.24, 2.45) is 23.2 Å². The molecule has 0 aliphatic rings. The average molecular weight is 282 g/mol. The van der Waals surface area contributed by atoms with Crippen LogP contribution < -0.4 is 37.9 Å². The first kappa shape index (κ1) is 15.5. The number of hydrogen-bond acceptors (Lipinski definition) is 5. The molecule has 1 aromatic rings. The minimum atomic E-state index is -0.886. The molecule has 4 amide bonds. The number of carbonyl (C=O) groups is 2. The van der Waals surface area contributed by atoms with Gasteiger partial charge in [0.1, 0.15) is 11.4 Å². The van der Waals surface area contributed by atoms with Gasteiger partial charge in [-0.2, -0.15) is 0 Å². The Labute approximate surface area is 116 Å². The normalized spacial score (nSPS) is 10.0. The van der Waals surface area contributed by atoms with Gasteiger partial charge in [-0.15, -0.1) is 0 Å². The van der Waals surface area contributed by atoms with E-state index < -0.39 is 12.1 Å². The Hall–Kier alpha value is -2.52. The Morgan fingerprint density at radius 2 is 1.60 bits per heavy atom. The monoisotopic (exact) mass is 282 g/mol. The number of aryl methyl sites for hydroxylation is 1. The first-order chi connectivity index (χ1) is 9.29. The second kappa shape index (κ2) is 6.08. The van der Waals surface area contributed by atoms with Crippen LogP contribution in [0.3, 0.4) is 0 Å². The summed E-state index contributed by atoms with van der Waals surface area (Å²) in [6, 6.07) is 1.24. The lowest BCUT2D eigenvalue weighted by Gasteiger charge is -2.23. The molecule has 0 radical (unpaired) electrons. The highest BCUT2D eigenvalue weighted by Gasteiger charge is 2.19. The van der Waals surface area contributed by atoms with Gasteiger partial charge >= 0.3 is 12.1 Å². The molecule has 1 aromatic carbocycles. The van der Waals surface area contributed by atoms with E-state index in [1.54, 1.807) is 19.9 Å². The van der Waals surface area contributed by atoms with Crippen LogP contribution in [0.5, 0.6) is 5.75 Å². The molecule has 9 heteroatoms. The second-order valence-corrected chi connectivity index (χ2v) is 3.96. The van der Waals surface area contributed by atoms with Crippen molar-refractivity contribution in [2.45, 2.75) is 13.8 Å². The van der Waals surface area contributed by atoms with Crippen molar-refractivity contribution in [1.29, 1.82) is 0 Å². The molecule has 8 N–H and O–H groups in total. The number of anilines is 2. The lowest BCUT2D eigenvalue weighted by atomic mass is 10.1. The number of nitrogens with two attached hydrogens (primary N) is 4. The van der Waals surface area contributed by atoms with Crippen molar-refractivity contribution in [1.82, 2.24) is 0 Å². The highest BCUT2D eigenvalue weighted by molar-refractivity contribution is 5.95. The van der Waals surface area contributed by atoms with Crippen molar-refractivity contribution < 1.29 is 14.3 Å². The molecule has 1 rings (SSSR count). The van der Waals surface area contributed by atoms with E-state index >= 15 is 0 Å². The zero-order valence-corrected chi connectivity index (χ0v) is 11.3. The lowest BCUT2D eigenvalue weighted by molar-refractivity contribution is 0.253. The van der Waals surface area contributed by atoms with E-state index in [0.717, 1.165) is 5.01 Å². The number of primary amides is 2. The predicted molar refractivity (Wildman–Crippen MR) is 74.8 cm³/mol. The molecule has 20 heavy (non-hydrogen) atoms. The maximum atomic E-state index is 11.2. The lowest BCUT2D eigenvalue weighted by Crippen LogP contribution is -2.43. The molecule has 0 atom stereocenters. The molecule has 0 aromatic heterocycles. The van der Waals surface area contributed by atoms with E-state index in [1.807, 2.05) is 0 Å². The van der Waals surface area contributed by atoms with Gasteiger partial charge in [0.25, 0.3) is 0 Å². The van der Waals surface area contributed by atoms with Crippen molar-refractivity contribution >= 4 is 23.4 Å². The number of rotatable bonds is 4. The zero-order valence-electron chi connectivity index (χ0n) is 11.3. The number of hydrogen-bond donors (Lipinski definition) is 4. The summed E-state index contributed by atoms with van der Waals surface area (Å²) in [6.07, 6.45) is 0. The highest BCUT2D eigenvalue weighted by atomic mass is 16.5. The van der Waals surface area contributed by atoms with Crippen LogP contribution in [0.15, 0.2) is 12.1 Å². The summed E-state index contributed by atoms with van der Waals surface area (Å²) in [7, 11) is 0. The van der Waals surface area contributed by atoms with Gasteiger partial charge in [0.2, 0.25) is 0 Å². The smallest absolute Gasteiger partial charge is 0.333 e. The number of benzene rings is 1. The van der Waals surface area contributed by atoms with Crippen LogP contribution in [0.25, 0.3) is 0 Å². The second-order valence-electron chi connectivity index (χ2n) is 3.96. The van der Waals surface area contributed by atoms with E-state index in [4.69, 9.17) is 27.9 Å². The standard InChI is InChI=1S/C11H18N6O3/c1-3-20-9-4-6(2)7(16(14)10(12)18)5-8(9)17(15)11(13)19/h4-5H,3,14-15H2,1-2H3,(H2,12,18)(H2,13,19). The molecular weight excluding hydrogens is 264 g/mol. The molecule has 0 fully saturated rings. The van der Waals surface area contributed by atoms with Gasteiger partial charge in [0.05, 0.1) is 12.3 Å². The number of nitrogens with zero attached hydrogens (tertiary/aromatic N) is 2. The molecule has 0 aliphatic heterocycles. The number of hydrazine groups is 2. The maximum absolute atomic E-state index is 11.2. The SMILES string of the molecule is CCOc1cc(C)c(N(N)C(N)=O)cc1N(N)C(N)=O.